The van der Waals surface area contributed by atoms with Crippen LogP contribution >= 0.6 is 0 Å². The first-order chi connectivity index (χ1) is 17.2. The summed E-state index contributed by atoms with van der Waals surface area (Å²) in [5, 5.41) is 19.2. The van der Waals surface area contributed by atoms with Crippen LogP contribution < -0.4 is 15.8 Å². The lowest BCUT2D eigenvalue weighted by Gasteiger charge is -2.35. The van der Waals surface area contributed by atoms with Crippen LogP contribution in [0, 0.1) is 0 Å². The third-order valence-corrected chi connectivity index (χ3v) is 7.56. The molecule has 2 atom stereocenters. The van der Waals surface area contributed by atoms with Crippen LogP contribution in [0.2, 0.25) is 0 Å². The van der Waals surface area contributed by atoms with Gasteiger partial charge in [0.25, 0.3) is 5.56 Å². The highest BCUT2D eigenvalue weighted by atomic mass is 16.3. The summed E-state index contributed by atoms with van der Waals surface area (Å²) in [6.07, 6.45) is 6.18. The molecular weight excluding hydrogens is 454 g/mol. The number of aromatic nitrogens is 5. The Bertz CT molecular complexity index is 1500. The molecule has 2 unspecified atom stereocenters. The Balaban J connectivity index is 1.40. The molecule has 0 aliphatic carbocycles. The lowest BCUT2D eigenvalue weighted by Crippen LogP contribution is -2.45. The summed E-state index contributed by atoms with van der Waals surface area (Å²) in [7, 11) is 0. The largest absolute Gasteiger partial charge is 0.390 e. The van der Waals surface area contributed by atoms with E-state index in [2.05, 4.69) is 66.2 Å². The van der Waals surface area contributed by atoms with Crippen molar-refractivity contribution in [3.63, 3.8) is 0 Å². The van der Waals surface area contributed by atoms with Gasteiger partial charge in [-0.25, -0.2) is 4.98 Å². The number of H-pyrrole nitrogens is 1. The normalized spacial score (nSPS) is 21.4. The molecule has 5 heterocycles. The molecule has 0 radical (unpaired) electrons. The second kappa shape index (κ2) is 8.31. The van der Waals surface area contributed by atoms with Gasteiger partial charge in [-0.15, -0.1) is 0 Å². The third-order valence-electron chi connectivity index (χ3n) is 7.56. The van der Waals surface area contributed by atoms with E-state index in [1.54, 1.807) is 10.6 Å². The number of hydrogen-bond acceptors (Lipinski definition) is 6. The highest BCUT2D eigenvalue weighted by molar-refractivity contribution is 5.97. The van der Waals surface area contributed by atoms with Crippen molar-refractivity contribution in [1.82, 2.24) is 29.6 Å². The number of aliphatic hydroxyl groups is 1. The van der Waals surface area contributed by atoms with Crippen LogP contribution in [0.4, 0.5) is 5.95 Å². The average molecular weight is 488 g/mol. The van der Waals surface area contributed by atoms with Crippen molar-refractivity contribution in [2.45, 2.75) is 64.4 Å². The topological polar surface area (TPSA) is 104 Å². The molecule has 188 valence electrons. The smallest absolute Gasteiger partial charge is 0.255 e. The second-order valence-corrected chi connectivity index (χ2v) is 10.9. The van der Waals surface area contributed by atoms with Crippen LogP contribution in [0.5, 0.6) is 0 Å². The number of piperidine rings is 1. The first-order valence-electron chi connectivity index (χ1n) is 12.7. The molecule has 4 aromatic rings. The molecule has 1 saturated heterocycles. The van der Waals surface area contributed by atoms with Gasteiger partial charge in [0.15, 0.2) is 0 Å². The van der Waals surface area contributed by atoms with Crippen molar-refractivity contribution in [2.24, 2.45) is 0 Å². The summed E-state index contributed by atoms with van der Waals surface area (Å²) in [6, 6.07) is 8.09. The van der Waals surface area contributed by atoms with Crippen molar-refractivity contribution in [2.75, 3.05) is 18.0 Å². The third kappa shape index (κ3) is 3.65. The summed E-state index contributed by atoms with van der Waals surface area (Å²) in [6.45, 7) is 10.7. The Morgan fingerprint density at radius 1 is 1.19 bits per heavy atom. The molecule has 9 heteroatoms. The Morgan fingerprint density at radius 2 is 2.03 bits per heavy atom. The van der Waals surface area contributed by atoms with Crippen molar-refractivity contribution in [3.05, 3.63) is 53.2 Å². The van der Waals surface area contributed by atoms with Crippen LogP contribution in [0.1, 0.15) is 40.2 Å². The predicted octanol–water partition coefficient (Wildman–Crippen LogP) is 3.16. The number of β-amino-alcohol motifs (C(OH)–C–C–N with tert-alkyl or cyclic N) is 1. The lowest BCUT2D eigenvalue weighted by atomic mass is 10.0. The number of fused-ring (bicyclic) bond motifs is 2. The van der Waals surface area contributed by atoms with E-state index in [1.807, 2.05) is 23.3 Å². The summed E-state index contributed by atoms with van der Waals surface area (Å²) in [5.74, 6) is 0.727. The van der Waals surface area contributed by atoms with Gasteiger partial charge in [0.2, 0.25) is 5.95 Å². The zero-order chi connectivity index (χ0) is 25.2. The SMILES string of the molecule is CC(C)N1c2nc(-c3c[nH]c4ccc(-c5cnn(C6CCNCC6O)c5)cc34)cc(=O)n2CC1(C)C. The monoisotopic (exact) mass is 487 g/mol. The average Bonchev–Trinajstić information content (AvgIpc) is 3.54. The molecular formula is C27H33N7O2. The predicted molar refractivity (Wildman–Crippen MR) is 141 cm³/mol. The zero-order valence-electron chi connectivity index (χ0n) is 21.2. The van der Waals surface area contributed by atoms with Gasteiger partial charge in [-0.05, 0) is 58.4 Å². The molecule has 1 aromatic carbocycles. The number of hydrogen-bond donors (Lipinski definition) is 3. The fraction of sp³-hybridized carbons (Fsp3) is 0.444. The lowest BCUT2D eigenvalue weighted by molar-refractivity contribution is 0.0810. The Labute approximate surface area is 209 Å². The fourth-order valence-corrected chi connectivity index (χ4v) is 5.95. The van der Waals surface area contributed by atoms with Gasteiger partial charge in [0, 0.05) is 53.1 Å². The van der Waals surface area contributed by atoms with Crippen molar-refractivity contribution < 1.29 is 5.11 Å². The van der Waals surface area contributed by atoms with E-state index in [4.69, 9.17) is 4.98 Å². The maximum absolute atomic E-state index is 13.1. The molecule has 36 heavy (non-hydrogen) atoms. The highest BCUT2D eigenvalue weighted by Gasteiger charge is 2.39. The van der Waals surface area contributed by atoms with Gasteiger partial charge in [-0.3, -0.25) is 14.0 Å². The molecule has 0 saturated carbocycles. The second-order valence-electron chi connectivity index (χ2n) is 10.9. The van der Waals surface area contributed by atoms with E-state index in [0.29, 0.717) is 18.8 Å². The maximum atomic E-state index is 13.1. The Morgan fingerprint density at radius 3 is 2.81 bits per heavy atom. The molecule has 2 aliphatic heterocycles. The molecule has 2 aliphatic rings. The number of aliphatic hydroxyl groups excluding tert-OH is 1. The summed E-state index contributed by atoms with van der Waals surface area (Å²) in [4.78, 5) is 23.7. The number of nitrogens with one attached hydrogen (secondary N) is 2. The number of benzene rings is 1. The summed E-state index contributed by atoms with van der Waals surface area (Å²) < 4.78 is 3.67. The van der Waals surface area contributed by atoms with E-state index in [9.17, 15) is 9.90 Å². The summed E-state index contributed by atoms with van der Waals surface area (Å²) >= 11 is 0. The van der Waals surface area contributed by atoms with Crippen LogP contribution in [0.15, 0.2) is 47.7 Å². The van der Waals surface area contributed by atoms with Gasteiger partial charge in [0.05, 0.1) is 36.1 Å². The first-order valence-corrected chi connectivity index (χ1v) is 12.7. The van der Waals surface area contributed by atoms with Gasteiger partial charge in [0.1, 0.15) is 0 Å². The van der Waals surface area contributed by atoms with Crippen molar-refractivity contribution in [1.29, 1.82) is 0 Å². The van der Waals surface area contributed by atoms with Crippen LogP contribution in [0.25, 0.3) is 33.3 Å². The van der Waals surface area contributed by atoms with Crippen LogP contribution in [-0.2, 0) is 6.54 Å². The van der Waals surface area contributed by atoms with E-state index in [0.717, 1.165) is 46.5 Å². The standard InChI is InChI=1S/C27H33N7O2/c1-16(2)34-26-31-22(10-25(36)32(26)15-27(34,3)4)20-12-29-21-6-5-17(9-19(20)21)18-11-30-33(14-18)23-7-8-28-13-24(23)35/h5-6,9-12,14,16,23-24,28-29,35H,7-8,13,15H2,1-4H3. The quantitative estimate of drug-likeness (QED) is 0.409. The molecule has 0 bridgehead atoms. The van der Waals surface area contributed by atoms with E-state index >= 15 is 0 Å². The molecule has 0 spiro atoms. The van der Waals surface area contributed by atoms with E-state index < -0.39 is 6.10 Å². The van der Waals surface area contributed by atoms with E-state index in [1.165, 1.54) is 0 Å². The Hall–Kier alpha value is -3.43. The minimum Gasteiger partial charge on any atom is -0.390 e. The summed E-state index contributed by atoms with van der Waals surface area (Å²) in [5.41, 5.74) is 4.37. The van der Waals surface area contributed by atoms with Gasteiger partial charge in [-0.2, -0.15) is 5.10 Å². The van der Waals surface area contributed by atoms with Crippen LogP contribution in [-0.4, -0.2) is 60.2 Å². The fourth-order valence-electron chi connectivity index (χ4n) is 5.95. The highest BCUT2D eigenvalue weighted by Crippen LogP contribution is 2.36. The number of aromatic amines is 1. The van der Waals surface area contributed by atoms with Gasteiger partial charge in [-0.1, -0.05) is 6.07 Å². The van der Waals surface area contributed by atoms with Gasteiger partial charge < -0.3 is 20.3 Å². The van der Waals surface area contributed by atoms with Crippen molar-refractivity contribution >= 4 is 16.9 Å². The Kier molecular flexibility index (Phi) is 5.31. The molecule has 1 fully saturated rings. The number of rotatable bonds is 4. The van der Waals surface area contributed by atoms with E-state index in [-0.39, 0.29) is 23.2 Å². The molecule has 6 rings (SSSR count). The molecule has 9 nitrogen and oxygen atoms in total. The number of nitrogens with zero attached hydrogens (tertiary/aromatic N) is 5. The molecule has 3 aromatic heterocycles. The minimum absolute atomic E-state index is 0.0247. The first kappa shape index (κ1) is 23.0. The molecule has 0 amide bonds. The van der Waals surface area contributed by atoms with Gasteiger partial charge >= 0.3 is 0 Å². The zero-order valence-corrected chi connectivity index (χ0v) is 21.2. The van der Waals surface area contributed by atoms with Crippen LogP contribution in [0.3, 0.4) is 0 Å². The maximum Gasteiger partial charge on any atom is 0.255 e. The van der Waals surface area contributed by atoms with Crippen molar-refractivity contribution in [3.8, 4) is 22.4 Å². The number of anilines is 1. The minimum atomic E-state index is -0.453. The molecule has 3 N–H and O–H groups in total.